The Labute approximate surface area is 299 Å². The zero-order chi connectivity index (χ0) is 34.5. The molecule has 10 aromatic rings. The van der Waals surface area contributed by atoms with E-state index in [1.54, 1.807) is 0 Å². The molecule has 0 saturated heterocycles. The van der Waals surface area contributed by atoms with Crippen molar-refractivity contribution in [1.29, 1.82) is 0 Å². The molecule has 4 nitrogen and oxygen atoms in total. The molecule has 6 aromatic carbocycles. The van der Waals surface area contributed by atoms with E-state index in [9.17, 15) is 0 Å². The highest BCUT2D eigenvalue weighted by molar-refractivity contribution is 6.24. The summed E-state index contributed by atoms with van der Waals surface area (Å²) in [4.78, 5) is 0. The van der Waals surface area contributed by atoms with Crippen molar-refractivity contribution in [1.82, 2.24) is 9.13 Å². The molecule has 52 heavy (non-hydrogen) atoms. The van der Waals surface area contributed by atoms with Gasteiger partial charge in [-0.15, -0.1) is 0 Å². The Balaban J connectivity index is 1.13. The molecule has 1 aliphatic rings. The van der Waals surface area contributed by atoms with Crippen molar-refractivity contribution in [2.24, 2.45) is 0 Å². The van der Waals surface area contributed by atoms with Gasteiger partial charge >= 0.3 is 0 Å². The van der Waals surface area contributed by atoms with Crippen LogP contribution in [0.5, 0.6) is 0 Å². The lowest BCUT2D eigenvalue weighted by molar-refractivity contribution is 0.604. The van der Waals surface area contributed by atoms with Crippen LogP contribution in [-0.4, -0.2) is 9.13 Å². The summed E-state index contributed by atoms with van der Waals surface area (Å²) in [5.74, 6) is 0.914. The first-order valence-electron chi connectivity index (χ1n) is 18.1. The highest BCUT2D eigenvalue weighted by Crippen LogP contribution is 2.44. The van der Waals surface area contributed by atoms with Crippen LogP contribution in [0.3, 0.4) is 0 Å². The van der Waals surface area contributed by atoms with Crippen LogP contribution in [0, 0.1) is 6.92 Å². The van der Waals surface area contributed by atoms with E-state index >= 15 is 0 Å². The van der Waals surface area contributed by atoms with Gasteiger partial charge in [0.15, 0.2) is 0 Å². The van der Waals surface area contributed by atoms with Gasteiger partial charge in [0.25, 0.3) is 0 Å². The Kier molecular flexibility index (Phi) is 6.18. The molecular formula is C48H34N2O2. The summed E-state index contributed by atoms with van der Waals surface area (Å²) >= 11 is 0. The number of allylic oxidation sites excluding steroid dienone is 5. The molecule has 0 fully saturated rings. The largest absolute Gasteiger partial charge is 0.456 e. The lowest BCUT2D eigenvalue weighted by Crippen LogP contribution is -2.09. The molecule has 11 rings (SSSR count). The summed E-state index contributed by atoms with van der Waals surface area (Å²) < 4.78 is 18.1. The summed E-state index contributed by atoms with van der Waals surface area (Å²) in [6.45, 7) is 4.18. The molecule has 0 aliphatic heterocycles. The molecule has 4 aromatic heterocycles. The predicted octanol–water partition coefficient (Wildman–Crippen LogP) is 13.5. The average molecular weight is 671 g/mol. The maximum Gasteiger partial charge on any atom is 0.145 e. The monoisotopic (exact) mass is 670 g/mol. The molecule has 248 valence electrons. The fraction of sp³-hybridized carbons (Fsp3) is 0.0833. The van der Waals surface area contributed by atoms with Crippen LogP contribution >= 0.6 is 0 Å². The summed E-state index contributed by atoms with van der Waals surface area (Å²) in [5.41, 5.74) is 12.2. The van der Waals surface area contributed by atoms with Crippen molar-refractivity contribution >= 4 is 88.2 Å². The zero-order valence-electron chi connectivity index (χ0n) is 28.9. The summed E-state index contributed by atoms with van der Waals surface area (Å²) in [5, 5.41) is 8.20. The second-order valence-electron chi connectivity index (χ2n) is 13.9. The SMILES string of the molecule is C/C=C\c1oc2c(ccc3c2c2ccccc2n3-c2ccccc2C2=CC(n3c4ccccc4c4c5oc6ccccc6c5ccc43)CC=C2)c1C. The molecule has 0 radical (unpaired) electrons. The third-order valence-corrected chi connectivity index (χ3v) is 11.1. The van der Waals surface area contributed by atoms with Crippen LogP contribution in [0.1, 0.15) is 36.3 Å². The fourth-order valence-electron chi connectivity index (χ4n) is 8.88. The molecule has 1 aliphatic carbocycles. The number of benzene rings is 6. The number of fused-ring (bicyclic) bond motifs is 12. The van der Waals surface area contributed by atoms with Gasteiger partial charge in [0.1, 0.15) is 22.5 Å². The number of aromatic nitrogens is 2. The smallest absolute Gasteiger partial charge is 0.145 e. The quantitative estimate of drug-likeness (QED) is 0.187. The minimum Gasteiger partial charge on any atom is -0.456 e. The summed E-state index contributed by atoms with van der Waals surface area (Å²) in [7, 11) is 0. The van der Waals surface area contributed by atoms with E-state index < -0.39 is 0 Å². The van der Waals surface area contributed by atoms with Crippen molar-refractivity contribution in [3.05, 3.63) is 163 Å². The normalized spacial score (nSPS) is 15.2. The summed E-state index contributed by atoms with van der Waals surface area (Å²) in [6, 6.07) is 43.8. The van der Waals surface area contributed by atoms with Gasteiger partial charge in [-0.25, -0.2) is 0 Å². The minimum absolute atomic E-state index is 0.117. The van der Waals surface area contributed by atoms with Crippen molar-refractivity contribution in [2.45, 2.75) is 26.3 Å². The maximum absolute atomic E-state index is 6.59. The van der Waals surface area contributed by atoms with Crippen LogP contribution in [0.25, 0.3) is 93.9 Å². The molecule has 1 atom stereocenters. The van der Waals surface area contributed by atoms with Crippen molar-refractivity contribution in [2.75, 3.05) is 0 Å². The van der Waals surface area contributed by atoms with Crippen molar-refractivity contribution < 1.29 is 8.83 Å². The first kappa shape index (κ1) is 29.2. The van der Waals surface area contributed by atoms with Crippen molar-refractivity contribution in [3.63, 3.8) is 0 Å². The van der Waals surface area contributed by atoms with Crippen LogP contribution in [-0.2, 0) is 0 Å². The first-order chi connectivity index (χ1) is 25.7. The molecule has 1 unspecified atom stereocenters. The number of para-hydroxylation sites is 4. The van der Waals surface area contributed by atoms with E-state index in [-0.39, 0.29) is 6.04 Å². The molecular weight excluding hydrogens is 637 g/mol. The van der Waals surface area contributed by atoms with Gasteiger partial charge in [-0.05, 0) is 80.4 Å². The average Bonchev–Trinajstić information content (AvgIpc) is 3.92. The Morgan fingerprint density at radius 3 is 2.15 bits per heavy atom. The lowest BCUT2D eigenvalue weighted by atomic mass is 9.95. The second kappa shape index (κ2) is 11.0. The Morgan fingerprint density at radius 1 is 0.615 bits per heavy atom. The second-order valence-corrected chi connectivity index (χ2v) is 13.9. The Morgan fingerprint density at radius 2 is 1.29 bits per heavy atom. The van der Waals surface area contributed by atoms with E-state index in [0.29, 0.717) is 0 Å². The topological polar surface area (TPSA) is 36.1 Å². The number of hydrogen-bond acceptors (Lipinski definition) is 2. The lowest BCUT2D eigenvalue weighted by Gasteiger charge is -2.23. The number of rotatable bonds is 4. The highest BCUT2D eigenvalue weighted by atomic mass is 16.3. The third-order valence-electron chi connectivity index (χ3n) is 11.1. The predicted molar refractivity (Wildman–Crippen MR) is 217 cm³/mol. The number of nitrogens with zero attached hydrogens (tertiary/aromatic N) is 2. The van der Waals surface area contributed by atoms with Crippen LogP contribution < -0.4 is 0 Å². The molecule has 0 N–H and O–H groups in total. The number of hydrogen-bond donors (Lipinski definition) is 0. The van der Waals surface area contributed by atoms with Crippen LogP contribution in [0.4, 0.5) is 0 Å². The van der Waals surface area contributed by atoms with Gasteiger partial charge < -0.3 is 18.0 Å². The van der Waals surface area contributed by atoms with Gasteiger partial charge in [-0.2, -0.15) is 0 Å². The minimum atomic E-state index is 0.117. The van der Waals surface area contributed by atoms with Crippen molar-refractivity contribution in [3.8, 4) is 5.69 Å². The summed E-state index contributed by atoms with van der Waals surface area (Å²) in [6.07, 6.45) is 12.1. The van der Waals surface area contributed by atoms with E-state index in [2.05, 4.69) is 156 Å². The van der Waals surface area contributed by atoms with E-state index in [1.165, 1.54) is 43.9 Å². The standard InChI is InChI=1S/C48H34N2O2/c1-3-13-43-29(2)32-24-26-42-46(47(32)51-43)37-19-6-10-22-40(37)50(42)38-20-8-4-16-33(38)30-14-12-15-31(28-30)49-39-21-9-5-18-36(39)45-41(49)27-25-35-34-17-7-11-23-44(34)52-48(35)45/h3-14,16-28,31H,15H2,1-2H3/b13-3-. The third kappa shape index (κ3) is 3.98. The highest BCUT2D eigenvalue weighted by Gasteiger charge is 2.24. The van der Waals surface area contributed by atoms with Gasteiger partial charge in [0.05, 0.1) is 39.1 Å². The number of furan rings is 2. The van der Waals surface area contributed by atoms with Gasteiger partial charge in [-0.3, -0.25) is 0 Å². The van der Waals surface area contributed by atoms with E-state index in [1.807, 2.05) is 19.1 Å². The van der Waals surface area contributed by atoms with Gasteiger partial charge in [-0.1, -0.05) is 97.1 Å². The van der Waals surface area contributed by atoms with E-state index in [0.717, 1.165) is 67.2 Å². The van der Waals surface area contributed by atoms with E-state index in [4.69, 9.17) is 8.83 Å². The number of aryl methyl sites for hydroxylation is 1. The molecule has 0 bridgehead atoms. The first-order valence-corrected chi connectivity index (χ1v) is 18.1. The molecule has 0 amide bonds. The fourth-order valence-corrected chi connectivity index (χ4v) is 8.88. The zero-order valence-corrected chi connectivity index (χ0v) is 28.9. The molecule has 0 spiro atoms. The maximum atomic E-state index is 6.59. The van der Waals surface area contributed by atoms with Gasteiger partial charge in [0, 0.05) is 43.6 Å². The molecule has 0 saturated carbocycles. The Hall–Kier alpha value is -6.52. The Bertz CT molecular complexity index is 3190. The van der Waals surface area contributed by atoms with Gasteiger partial charge in [0.2, 0.25) is 0 Å². The molecule has 4 heteroatoms. The molecule has 4 heterocycles. The van der Waals surface area contributed by atoms with Crippen LogP contribution in [0.15, 0.2) is 154 Å². The van der Waals surface area contributed by atoms with Crippen LogP contribution in [0.2, 0.25) is 0 Å².